The topological polar surface area (TPSA) is 50.1 Å². The normalized spacial score (nSPS) is 14.2. The van der Waals surface area contributed by atoms with Gasteiger partial charge in [-0.05, 0) is 42.4 Å². The lowest BCUT2D eigenvalue weighted by Gasteiger charge is -2.11. The molecule has 0 saturated carbocycles. The minimum absolute atomic E-state index is 0.0230. The molecule has 3 nitrogen and oxygen atoms in total. The van der Waals surface area contributed by atoms with Crippen LogP contribution in [-0.2, 0) is 0 Å². The lowest BCUT2D eigenvalue weighted by Crippen LogP contribution is -2.18. The van der Waals surface area contributed by atoms with Gasteiger partial charge in [0.1, 0.15) is 17.3 Å². The summed E-state index contributed by atoms with van der Waals surface area (Å²) in [6, 6.07) is 7.98. The van der Waals surface area contributed by atoms with E-state index in [9.17, 15) is 18.0 Å². The summed E-state index contributed by atoms with van der Waals surface area (Å²) in [6.07, 6.45) is 0. The molecule has 130 valence electrons. The second-order valence-electron chi connectivity index (χ2n) is 4.92. The monoisotopic (exact) mass is 365 g/mol. The molecule has 2 aromatic rings. The molecule has 0 unspecified atom stereocenters. The number of carbonyl (C=O) groups excluding carboxylic acids is 1. The highest BCUT2D eigenvalue weighted by atomic mass is 32.2. The first-order valence-corrected chi connectivity index (χ1v) is 8.27. The number of ether oxygens (including phenoxy) is 1. The van der Waals surface area contributed by atoms with Crippen molar-refractivity contribution in [2.45, 2.75) is 30.9 Å². The molecule has 25 heavy (non-hydrogen) atoms. The van der Waals surface area contributed by atoms with Crippen molar-refractivity contribution < 1.29 is 22.7 Å². The zero-order chi connectivity index (χ0) is 18.8. The summed E-state index contributed by atoms with van der Waals surface area (Å²) < 4.78 is 46.2. The van der Waals surface area contributed by atoms with Crippen molar-refractivity contribution in [1.82, 2.24) is 0 Å². The number of ketones is 1. The van der Waals surface area contributed by atoms with E-state index in [0.717, 1.165) is 12.1 Å². The molecule has 1 aliphatic rings. The summed E-state index contributed by atoms with van der Waals surface area (Å²) >= 11 is 0.174. The summed E-state index contributed by atoms with van der Waals surface area (Å²) in [5, 5.41) is 5.28. The zero-order valence-corrected chi connectivity index (χ0v) is 14.5. The fourth-order valence-electron chi connectivity index (χ4n) is 2.23. The van der Waals surface area contributed by atoms with E-state index in [1.54, 1.807) is 19.1 Å². The van der Waals surface area contributed by atoms with Crippen molar-refractivity contribution in [3.05, 3.63) is 52.8 Å². The molecule has 0 N–H and O–H groups in total. The van der Waals surface area contributed by atoms with Gasteiger partial charge >= 0.3 is 5.25 Å². The molecule has 2 aromatic carbocycles. The Balaban J connectivity index is 0.00000109. The molecule has 0 atom stereocenters. The molecule has 0 amide bonds. The van der Waals surface area contributed by atoms with E-state index in [1.807, 2.05) is 13.8 Å². The largest absolute Gasteiger partial charge is 0.456 e. The molecule has 0 bridgehead atoms. The number of nitriles is 1. The van der Waals surface area contributed by atoms with E-state index in [-0.39, 0.29) is 39.3 Å². The van der Waals surface area contributed by atoms with E-state index < -0.39 is 16.9 Å². The molecular formula is C18H14F3NO2S. The number of aryl methyl sites for hydroxylation is 1. The van der Waals surface area contributed by atoms with E-state index >= 15 is 0 Å². The Kier molecular flexibility index (Phi) is 5.43. The molecule has 0 aromatic heterocycles. The highest BCUT2D eigenvalue weighted by molar-refractivity contribution is 8.01. The molecule has 1 aliphatic heterocycles. The van der Waals surface area contributed by atoms with Crippen molar-refractivity contribution in [2.24, 2.45) is 0 Å². The van der Waals surface area contributed by atoms with Gasteiger partial charge in [0.25, 0.3) is 0 Å². The number of fused-ring (bicyclic) bond motifs is 1. The lowest BCUT2D eigenvalue weighted by atomic mass is 10.1. The van der Waals surface area contributed by atoms with Crippen LogP contribution in [0.15, 0.2) is 35.2 Å². The van der Waals surface area contributed by atoms with E-state index in [0.29, 0.717) is 5.56 Å². The van der Waals surface area contributed by atoms with Gasteiger partial charge < -0.3 is 4.74 Å². The summed E-state index contributed by atoms with van der Waals surface area (Å²) in [6.45, 7) is 5.61. The third-order valence-electron chi connectivity index (χ3n) is 3.27. The molecule has 0 fully saturated rings. The Labute approximate surface area is 147 Å². The highest BCUT2D eigenvalue weighted by Gasteiger charge is 2.50. The van der Waals surface area contributed by atoms with Gasteiger partial charge in [0.2, 0.25) is 5.78 Å². The van der Waals surface area contributed by atoms with Gasteiger partial charge in [0.05, 0.1) is 17.2 Å². The summed E-state index contributed by atoms with van der Waals surface area (Å²) in [5.41, 5.74) is 0.331. The SMILES string of the molecule is CC.Cc1ccc(Oc2cc(F)cc(C#N)c2)c2c1SC(F)(F)C2=O. The Morgan fingerprint density at radius 1 is 1.20 bits per heavy atom. The van der Waals surface area contributed by atoms with Crippen LogP contribution in [0.25, 0.3) is 0 Å². The van der Waals surface area contributed by atoms with E-state index in [2.05, 4.69) is 0 Å². The van der Waals surface area contributed by atoms with Crippen LogP contribution in [0.2, 0.25) is 0 Å². The number of hydrogen-bond acceptors (Lipinski definition) is 4. The van der Waals surface area contributed by atoms with E-state index in [1.165, 1.54) is 12.1 Å². The number of Topliss-reactive ketones (excluding diaryl/α,β-unsaturated/α-hetero) is 1. The van der Waals surface area contributed by atoms with Gasteiger partial charge in [-0.1, -0.05) is 19.9 Å². The maximum absolute atomic E-state index is 13.7. The van der Waals surface area contributed by atoms with Crippen LogP contribution in [0, 0.1) is 24.1 Å². The van der Waals surface area contributed by atoms with Crippen molar-refractivity contribution in [2.75, 3.05) is 0 Å². The lowest BCUT2D eigenvalue weighted by molar-refractivity contribution is 0.0580. The van der Waals surface area contributed by atoms with Crippen molar-refractivity contribution >= 4 is 17.5 Å². The number of nitrogens with zero attached hydrogens (tertiary/aromatic N) is 1. The average molecular weight is 365 g/mol. The molecule has 1 heterocycles. The van der Waals surface area contributed by atoms with Crippen LogP contribution < -0.4 is 4.74 Å². The van der Waals surface area contributed by atoms with Gasteiger partial charge in [-0.25, -0.2) is 4.39 Å². The third kappa shape index (κ3) is 3.64. The standard InChI is InChI=1S/C16H8F3NO2S.C2H6/c1-8-2-3-12(13-14(8)23-16(18,19)15(13)21)22-11-5-9(7-20)4-10(17)6-11;1-2/h2-6H,1H3;1-2H3. The van der Waals surface area contributed by atoms with Crippen LogP contribution in [0.4, 0.5) is 13.2 Å². The maximum Gasteiger partial charge on any atom is 0.360 e. The van der Waals surface area contributed by atoms with Gasteiger partial charge in [-0.3, -0.25) is 4.79 Å². The van der Waals surface area contributed by atoms with Crippen molar-refractivity contribution in [3.63, 3.8) is 0 Å². The third-order valence-corrected chi connectivity index (χ3v) is 4.44. The zero-order valence-electron chi connectivity index (χ0n) is 13.7. The molecular weight excluding hydrogens is 351 g/mol. The summed E-state index contributed by atoms with van der Waals surface area (Å²) in [7, 11) is 0. The summed E-state index contributed by atoms with van der Waals surface area (Å²) in [5.74, 6) is -2.17. The molecule has 0 radical (unpaired) electrons. The number of hydrogen-bond donors (Lipinski definition) is 0. The minimum Gasteiger partial charge on any atom is -0.456 e. The molecule has 0 saturated heterocycles. The van der Waals surface area contributed by atoms with Crippen LogP contribution in [-0.4, -0.2) is 11.0 Å². The second kappa shape index (κ2) is 7.19. The average Bonchev–Trinajstić information content (AvgIpc) is 2.83. The Morgan fingerprint density at radius 2 is 1.88 bits per heavy atom. The Morgan fingerprint density at radius 3 is 2.52 bits per heavy atom. The van der Waals surface area contributed by atoms with Crippen LogP contribution in [0.3, 0.4) is 0 Å². The number of carbonyl (C=O) groups is 1. The first-order valence-electron chi connectivity index (χ1n) is 7.45. The number of rotatable bonds is 2. The molecule has 0 aliphatic carbocycles. The second-order valence-corrected chi connectivity index (χ2v) is 6.05. The number of benzene rings is 2. The van der Waals surface area contributed by atoms with Crippen molar-refractivity contribution in [1.29, 1.82) is 5.26 Å². The smallest absolute Gasteiger partial charge is 0.360 e. The van der Waals surface area contributed by atoms with Crippen LogP contribution in [0.1, 0.15) is 35.3 Å². The van der Waals surface area contributed by atoms with Gasteiger partial charge in [-0.15, -0.1) is 0 Å². The quantitative estimate of drug-likeness (QED) is 0.684. The summed E-state index contributed by atoms with van der Waals surface area (Å²) in [4.78, 5) is 12.0. The predicted octanol–water partition coefficient (Wildman–Crippen LogP) is 5.71. The number of halogens is 3. The first kappa shape index (κ1) is 18.9. The van der Waals surface area contributed by atoms with Crippen LogP contribution >= 0.6 is 11.8 Å². The fraction of sp³-hybridized carbons (Fsp3) is 0.222. The van der Waals surface area contributed by atoms with Gasteiger partial charge in [0, 0.05) is 11.0 Å². The highest BCUT2D eigenvalue weighted by Crippen LogP contribution is 2.51. The molecule has 0 spiro atoms. The first-order chi connectivity index (χ1) is 11.8. The van der Waals surface area contributed by atoms with Crippen LogP contribution in [0.5, 0.6) is 11.5 Å². The minimum atomic E-state index is -3.55. The Hall–Kier alpha value is -2.46. The molecule has 3 rings (SSSR count). The maximum atomic E-state index is 13.7. The van der Waals surface area contributed by atoms with Gasteiger partial charge in [0.15, 0.2) is 0 Å². The van der Waals surface area contributed by atoms with Gasteiger partial charge in [-0.2, -0.15) is 14.0 Å². The predicted molar refractivity (Wildman–Crippen MR) is 88.9 cm³/mol. The molecule has 7 heteroatoms. The van der Waals surface area contributed by atoms with Crippen molar-refractivity contribution in [3.8, 4) is 17.6 Å². The number of thioether (sulfide) groups is 1. The Bertz CT molecular complexity index is 875. The number of alkyl halides is 2. The van der Waals surface area contributed by atoms with E-state index in [4.69, 9.17) is 10.00 Å². The fourth-order valence-corrected chi connectivity index (χ4v) is 3.21.